The lowest BCUT2D eigenvalue weighted by atomic mass is 10.1. The molecule has 0 aliphatic heterocycles. The van der Waals surface area contributed by atoms with Gasteiger partial charge in [0, 0.05) is 12.2 Å². The molecule has 0 saturated carbocycles. The van der Waals surface area contributed by atoms with Gasteiger partial charge in [0.05, 0.1) is 6.61 Å². The van der Waals surface area contributed by atoms with Gasteiger partial charge in [-0.1, -0.05) is 20.4 Å². The number of esters is 1. The zero-order valence-electron chi connectivity index (χ0n) is 12.0. The summed E-state index contributed by atoms with van der Waals surface area (Å²) >= 11 is 0. The number of carbonyl (C=O) groups excluding carboxylic acids is 1. The molecule has 1 atom stereocenters. The number of carbonyl (C=O) groups is 1. The zero-order chi connectivity index (χ0) is 14.2. The van der Waals surface area contributed by atoms with Crippen molar-refractivity contribution in [2.45, 2.75) is 46.1 Å². The third-order valence-corrected chi connectivity index (χ3v) is 2.35. The van der Waals surface area contributed by atoms with Crippen molar-refractivity contribution in [1.29, 1.82) is 0 Å². The third-order valence-electron chi connectivity index (χ3n) is 2.35. The summed E-state index contributed by atoms with van der Waals surface area (Å²) in [7, 11) is 0. The van der Waals surface area contributed by atoms with Crippen molar-refractivity contribution in [3.8, 4) is 0 Å². The maximum Gasteiger partial charge on any atom is 0.333 e. The first kappa shape index (κ1) is 17.1. The van der Waals surface area contributed by atoms with Gasteiger partial charge in [0.25, 0.3) is 0 Å². The van der Waals surface area contributed by atoms with Crippen LogP contribution >= 0.6 is 0 Å². The standard InChI is InChI=1S/C14H26O4/c1-11(2)7-6-8-17-9-14(5,16)10-18-13(15)12(3)4/h11,16H,3,6-10H2,1-2,4-5H3. The molecule has 106 valence electrons. The maximum absolute atomic E-state index is 11.2. The summed E-state index contributed by atoms with van der Waals surface area (Å²) in [5.41, 5.74) is -0.827. The van der Waals surface area contributed by atoms with Crippen LogP contribution in [-0.4, -0.2) is 36.5 Å². The van der Waals surface area contributed by atoms with Gasteiger partial charge >= 0.3 is 5.97 Å². The van der Waals surface area contributed by atoms with E-state index in [1.165, 1.54) is 0 Å². The first-order valence-corrected chi connectivity index (χ1v) is 6.37. The van der Waals surface area contributed by atoms with Crippen LogP contribution < -0.4 is 0 Å². The molecule has 0 radical (unpaired) electrons. The number of rotatable bonds is 9. The van der Waals surface area contributed by atoms with Gasteiger partial charge in [-0.15, -0.1) is 0 Å². The van der Waals surface area contributed by atoms with Crippen LogP contribution in [0.15, 0.2) is 12.2 Å². The van der Waals surface area contributed by atoms with Crippen molar-refractivity contribution in [2.75, 3.05) is 19.8 Å². The van der Waals surface area contributed by atoms with E-state index in [4.69, 9.17) is 9.47 Å². The molecule has 0 aromatic carbocycles. The van der Waals surface area contributed by atoms with Gasteiger partial charge in [0.15, 0.2) is 0 Å². The molecule has 0 rings (SSSR count). The molecule has 18 heavy (non-hydrogen) atoms. The highest BCUT2D eigenvalue weighted by Gasteiger charge is 2.23. The second kappa shape index (κ2) is 8.27. The van der Waals surface area contributed by atoms with Crippen LogP contribution in [0.1, 0.15) is 40.5 Å². The van der Waals surface area contributed by atoms with E-state index in [-0.39, 0.29) is 13.2 Å². The summed E-state index contributed by atoms with van der Waals surface area (Å²) in [5.74, 6) is 0.167. The van der Waals surface area contributed by atoms with Crippen LogP contribution in [0.4, 0.5) is 0 Å². The molecule has 0 heterocycles. The Bertz CT molecular complexity index is 269. The molecule has 1 N–H and O–H groups in total. The Hall–Kier alpha value is -0.870. The Morgan fingerprint density at radius 3 is 2.50 bits per heavy atom. The molecule has 0 fully saturated rings. The third kappa shape index (κ3) is 9.19. The molecule has 0 aromatic heterocycles. The summed E-state index contributed by atoms with van der Waals surface area (Å²) in [4.78, 5) is 11.2. The smallest absolute Gasteiger partial charge is 0.333 e. The molecular weight excluding hydrogens is 232 g/mol. The quantitative estimate of drug-likeness (QED) is 0.392. The number of aliphatic hydroxyl groups is 1. The zero-order valence-corrected chi connectivity index (χ0v) is 12.0. The highest BCUT2D eigenvalue weighted by molar-refractivity contribution is 5.86. The molecule has 4 nitrogen and oxygen atoms in total. The van der Waals surface area contributed by atoms with Crippen molar-refractivity contribution >= 4 is 5.97 Å². The van der Waals surface area contributed by atoms with Gasteiger partial charge in [-0.3, -0.25) is 0 Å². The molecule has 0 spiro atoms. The van der Waals surface area contributed by atoms with E-state index in [1.807, 2.05) is 0 Å². The molecule has 0 aliphatic rings. The van der Waals surface area contributed by atoms with Gasteiger partial charge in [0.1, 0.15) is 12.2 Å². The molecule has 0 aromatic rings. The SMILES string of the molecule is C=C(C)C(=O)OCC(C)(O)COCCCC(C)C. The lowest BCUT2D eigenvalue weighted by molar-refractivity contribution is -0.149. The van der Waals surface area contributed by atoms with Gasteiger partial charge < -0.3 is 14.6 Å². The van der Waals surface area contributed by atoms with E-state index in [0.717, 1.165) is 12.8 Å². The molecule has 1 unspecified atom stereocenters. The summed E-state index contributed by atoms with van der Waals surface area (Å²) < 4.78 is 10.3. The molecule has 0 saturated heterocycles. The van der Waals surface area contributed by atoms with Crippen molar-refractivity contribution in [3.63, 3.8) is 0 Å². The fraction of sp³-hybridized carbons (Fsp3) is 0.786. The Balaban J connectivity index is 3.73. The summed E-state index contributed by atoms with van der Waals surface area (Å²) in [6, 6.07) is 0. The molecule has 0 amide bonds. The van der Waals surface area contributed by atoms with Gasteiger partial charge in [0.2, 0.25) is 0 Å². The average molecular weight is 258 g/mol. The Morgan fingerprint density at radius 2 is 2.00 bits per heavy atom. The van der Waals surface area contributed by atoms with E-state index in [9.17, 15) is 9.90 Å². The minimum absolute atomic E-state index is 0.0805. The van der Waals surface area contributed by atoms with E-state index >= 15 is 0 Å². The predicted molar refractivity (Wildman–Crippen MR) is 71.3 cm³/mol. The van der Waals surface area contributed by atoms with Crippen molar-refractivity contribution in [1.82, 2.24) is 0 Å². The normalized spacial score (nSPS) is 14.3. The second-order valence-electron chi connectivity index (χ2n) is 5.44. The molecule has 4 heteroatoms. The Labute approximate surface area is 110 Å². The number of hydrogen-bond donors (Lipinski definition) is 1. The Morgan fingerprint density at radius 1 is 1.39 bits per heavy atom. The van der Waals surface area contributed by atoms with Crippen LogP contribution in [0.25, 0.3) is 0 Å². The maximum atomic E-state index is 11.2. The minimum atomic E-state index is -1.15. The molecule has 0 bridgehead atoms. The average Bonchev–Trinajstić information content (AvgIpc) is 2.24. The summed E-state index contributed by atoms with van der Waals surface area (Å²) in [6.45, 7) is 11.6. The topological polar surface area (TPSA) is 55.8 Å². The highest BCUT2D eigenvalue weighted by Crippen LogP contribution is 2.08. The van der Waals surface area contributed by atoms with Gasteiger partial charge in [-0.25, -0.2) is 4.79 Å². The van der Waals surface area contributed by atoms with Crippen LogP contribution in [0.2, 0.25) is 0 Å². The predicted octanol–water partition coefficient (Wildman–Crippen LogP) is 2.31. The van der Waals surface area contributed by atoms with Crippen LogP contribution in [-0.2, 0) is 14.3 Å². The van der Waals surface area contributed by atoms with Crippen LogP contribution in [0.5, 0.6) is 0 Å². The lowest BCUT2D eigenvalue weighted by Gasteiger charge is -2.22. The van der Waals surface area contributed by atoms with Crippen LogP contribution in [0, 0.1) is 5.92 Å². The highest BCUT2D eigenvalue weighted by atomic mass is 16.6. The van der Waals surface area contributed by atoms with E-state index in [0.29, 0.717) is 18.1 Å². The molecule has 0 aliphatic carbocycles. The van der Waals surface area contributed by atoms with E-state index in [1.54, 1.807) is 13.8 Å². The van der Waals surface area contributed by atoms with Gasteiger partial charge in [-0.2, -0.15) is 0 Å². The van der Waals surface area contributed by atoms with Crippen molar-refractivity contribution in [2.24, 2.45) is 5.92 Å². The largest absolute Gasteiger partial charge is 0.459 e. The summed E-state index contributed by atoms with van der Waals surface area (Å²) in [5, 5.41) is 9.92. The number of hydrogen-bond acceptors (Lipinski definition) is 4. The first-order valence-electron chi connectivity index (χ1n) is 6.37. The fourth-order valence-electron chi connectivity index (χ4n) is 1.27. The summed E-state index contributed by atoms with van der Waals surface area (Å²) in [6.07, 6.45) is 2.08. The molecular formula is C14H26O4. The monoisotopic (exact) mass is 258 g/mol. The minimum Gasteiger partial charge on any atom is -0.459 e. The van der Waals surface area contributed by atoms with Crippen LogP contribution in [0.3, 0.4) is 0 Å². The van der Waals surface area contributed by atoms with Crippen molar-refractivity contribution < 1.29 is 19.4 Å². The first-order chi connectivity index (χ1) is 8.24. The van der Waals surface area contributed by atoms with Crippen molar-refractivity contribution in [3.05, 3.63) is 12.2 Å². The van der Waals surface area contributed by atoms with Gasteiger partial charge in [-0.05, 0) is 32.6 Å². The fourth-order valence-corrected chi connectivity index (χ4v) is 1.27. The van der Waals surface area contributed by atoms with E-state index < -0.39 is 11.6 Å². The number of ether oxygens (including phenoxy) is 2. The van der Waals surface area contributed by atoms with E-state index in [2.05, 4.69) is 20.4 Å². The second-order valence-corrected chi connectivity index (χ2v) is 5.44. The lowest BCUT2D eigenvalue weighted by Crippen LogP contribution is -2.37. The Kier molecular flexibility index (Phi) is 7.87.